The molecule has 0 saturated heterocycles. The zero-order valence-corrected chi connectivity index (χ0v) is 18.1. The van der Waals surface area contributed by atoms with E-state index in [9.17, 15) is 9.18 Å². The van der Waals surface area contributed by atoms with Crippen LogP contribution in [0.3, 0.4) is 0 Å². The van der Waals surface area contributed by atoms with Crippen LogP contribution in [0.15, 0.2) is 79.0 Å². The van der Waals surface area contributed by atoms with E-state index in [0.717, 1.165) is 16.7 Å². The molecule has 0 fully saturated rings. The Morgan fingerprint density at radius 2 is 1.88 bits per heavy atom. The molecule has 0 aliphatic carbocycles. The summed E-state index contributed by atoms with van der Waals surface area (Å²) in [7, 11) is 0. The van der Waals surface area contributed by atoms with Gasteiger partial charge in [-0.15, -0.1) is 0 Å². The van der Waals surface area contributed by atoms with E-state index in [4.69, 9.17) is 16.3 Å². The van der Waals surface area contributed by atoms with Gasteiger partial charge in [0.15, 0.2) is 5.82 Å². The first-order chi connectivity index (χ1) is 15.5. The molecular formula is C25H21ClFN3O2. The van der Waals surface area contributed by atoms with Crippen LogP contribution in [0.1, 0.15) is 27.0 Å². The molecule has 4 rings (SSSR count). The van der Waals surface area contributed by atoms with Crippen molar-refractivity contribution in [1.29, 1.82) is 0 Å². The lowest BCUT2D eigenvalue weighted by Crippen LogP contribution is -2.13. The topological polar surface area (TPSA) is 56.1 Å². The minimum absolute atomic E-state index is 0.271. The maximum atomic E-state index is 13.0. The monoisotopic (exact) mass is 449 g/mol. The highest BCUT2D eigenvalue weighted by Gasteiger charge is 2.10. The zero-order chi connectivity index (χ0) is 22.5. The van der Waals surface area contributed by atoms with Crippen molar-refractivity contribution in [2.45, 2.75) is 20.1 Å². The van der Waals surface area contributed by atoms with Crippen LogP contribution < -0.4 is 10.1 Å². The Balaban J connectivity index is 1.38. The molecular weight excluding hydrogens is 429 g/mol. The molecule has 162 valence electrons. The Bertz CT molecular complexity index is 1240. The van der Waals surface area contributed by atoms with Crippen molar-refractivity contribution in [2.24, 2.45) is 0 Å². The highest BCUT2D eigenvalue weighted by atomic mass is 35.5. The number of hydrogen-bond acceptors (Lipinski definition) is 3. The Hall–Kier alpha value is -3.64. The summed E-state index contributed by atoms with van der Waals surface area (Å²) in [4.78, 5) is 12.7. The molecule has 0 atom stereocenters. The van der Waals surface area contributed by atoms with E-state index in [1.54, 1.807) is 53.3 Å². The van der Waals surface area contributed by atoms with Gasteiger partial charge in [0, 0.05) is 17.8 Å². The van der Waals surface area contributed by atoms with Crippen LogP contribution in [0.5, 0.6) is 5.75 Å². The molecule has 1 aromatic heterocycles. The maximum absolute atomic E-state index is 13.0. The van der Waals surface area contributed by atoms with Gasteiger partial charge in [-0.25, -0.2) is 4.39 Å². The smallest absolute Gasteiger partial charge is 0.256 e. The lowest BCUT2D eigenvalue weighted by atomic mass is 10.1. The van der Waals surface area contributed by atoms with E-state index in [1.807, 2.05) is 25.1 Å². The van der Waals surface area contributed by atoms with E-state index in [1.165, 1.54) is 12.1 Å². The number of benzene rings is 3. The van der Waals surface area contributed by atoms with Crippen LogP contribution in [0, 0.1) is 12.7 Å². The number of aromatic nitrogens is 2. The van der Waals surface area contributed by atoms with Crippen LogP contribution in [-0.4, -0.2) is 15.7 Å². The van der Waals surface area contributed by atoms with Crippen LogP contribution >= 0.6 is 11.6 Å². The lowest BCUT2D eigenvalue weighted by molar-refractivity contribution is 0.102. The molecule has 7 heteroatoms. The second-order valence-corrected chi connectivity index (χ2v) is 7.81. The van der Waals surface area contributed by atoms with Gasteiger partial charge in [-0.05, 0) is 60.0 Å². The van der Waals surface area contributed by atoms with Crippen LogP contribution in [0.25, 0.3) is 0 Å². The normalized spacial score (nSPS) is 10.7. The number of aryl methyl sites for hydroxylation is 1. The molecule has 1 N–H and O–H groups in total. The van der Waals surface area contributed by atoms with Gasteiger partial charge in [0.25, 0.3) is 5.91 Å². The number of nitrogens with one attached hydrogen (secondary N) is 1. The molecule has 5 nitrogen and oxygen atoms in total. The van der Waals surface area contributed by atoms with Gasteiger partial charge in [-0.2, -0.15) is 5.10 Å². The van der Waals surface area contributed by atoms with Crippen molar-refractivity contribution < 1.29 is 13.9 Å². The number of anilines is 1. The Morgan fingerprint density at radius 1 is 1.06 bits per heavy atom. The number of hydrogen-bond donors (Lipinski definition) is 1. The quantitative estimate of drug-likeness (QED) is 0.384. The van der Waals surface area contributed by atoms with Crippen molar-refractivity contribution >= 4 is 23.3 Å². The van der Waals surface area contributed by atoms with Gasteiger partial charge in [0.05, 0.1) is 11.6 Å². The molecule has 1 heterocycles. The molecule has 0 bridgehead atoms. The van der Waals surface area contributed by atoms with Crippen molar-refractivity contribution in [3.8, 4) is 5.75 Å². The molecule has 0 unspecified atom stereocenters. The van der Waals surface area contributed by atoms with Crippen LogP contribution in [-0.2, 0) is 13.2 Å². The molecule has 1 amide bonds. The lowest BCUT2D eigenvalue weighted by Gasteiger charge is -2.10. The van der Waals surface area contributed by atoms with E-state index in [2.05, 4.69) is 10.4 Å². The van der Waals surface area contributed by atoms with Crippen molar-refractivity contribution in [3.05, 3.63) is 112 Å². The standard InChI is InChI=1S/C25H21ClFN3O2/c1-17-5-10-22(26)23(13-17)32-16-19-3-2-4-20(14-19)25(31)28-24-11-12-30(29-24)15-18-6-8-21(27)9-7-18/h2-14H,15-16H2,1H3,(H,28,29,31). The van der Waals surface area contributed by atoms with Crippen LogP contribution in [0.2, 0.25) is 5.02 Å². The Labute approximate surface area is 190 Å². The minimum atomic E-state index is -0.281. The van der Waals surface area contributed by atoms with E-state index >= 15 is 0 Å². The molecule has 32 heavy (non-hydrogen) atoms. The number of ether oxygens (including phenoxy) is 1. The predicted octanol–water partition coefficient (Wildman–Crippen LogP) is 5.86. The summed E-state index contributed by atoms with van der Waals surface area (Å²) >= 11 is 6.18. The summed E-state index contributed by atoms with van der Waals surface area (Å²) in [6, 6.07) is 20.7. The maximum Gasteiger partial charge on any atom is 0.256 e. The fourth-order valence-corrected chi connectivity index (χ4v) is 3.34. The van der Waals surface area contributed by atoms with Gasteiger partial charge >= 0.3 is 0 Å². The SMILES string of the molecule is Cc1ccc(Cl)c(OCc2cccc(C(=O)Nc3ccn(Cc4ccc(F)cc4)n3)c2)c1. The first-order valence-electron chi connectivity index (χ1n) is 10.0. The minimum Gasteiger partial charge on any atom is -0.487 e. The van der Waals surface area contributed by atoms with Crippen LogP contribution in [0.4, 0.5) is 10.2 Å². The average molecular weight is 450 g/mol. The van der Waals surface area contributed by atoms with Gasteiger partial charge in [-0.3, -0.25) is 9.48 Å². The van der Waals surface area contributed by atoms with Gasteiger partial charge in [0.1, 0.15) is 18.2 Å². The predicted molar refractivity (Wildman–Crippen MR) is 123 cm³/mol. The number of carbonyl (C=O) groups is 1. The largest absolute Gasteiger partial charge is 0.487 e. The highest BCUT2D eigenvalue weighted by molar-refractivity contribution is 6.32. The number of carbonyl (C=O) groups excluding carboxylic acids is 1. The molecule has 0 spiro atoms. The van der Waals surface area contributed by atoms with E-state index in [-0.39, 0.29) is 18.3 Å². The van der Waals surface area contributed by atoms with Crippen molar-refractivity contribution in [2.75, 3.05) is 5.32 Å². The first-order valence-corrected chi connectivity index (χ1v) is 10.4. The second kappa shape index (κ2) is 9.66. The molecule has 0 aliphatic rings. The number of amides is 1. The molecule has 4 aromatic rings. The molecule has 0 aliphatic heterocycles. The van der Waals surface area contributed by atoms with Gasteiger partial charge in [-0.1, -0.05) is 41.9 Å². The third-order valence-electron chi connectivity index (χ3n) is 4.81. The van der Waals surface area contributed by atoms with Gasteiger partial charge < -0.3 is 10.1 Å². The first kappa shape index (κ1) is 21.6. The summed E-state index contributed by atoms with van der Waals surface area (Å²) < 4.78 is 20.5. The van der Waals surface area contributed by atoms with Gasteiger partial charge in [0.2, 0.25) is 0 Å². The third-order valence-corrected chi connectivity index (χ3v) is 5.12. The van der Waals surface area contributed by atoms with E-state index in [0.29, 0.717) is 28.7 Å². The number of rotatable bonds is 7. The van der Waals surface area contributed by atoms with E-state index < -0.39 is 0 Å². The summed E-state index contributed by atoms with van der Waals surface area (Å²) in [5.41, 5.74) is 3.30. The fourth-order valence-electron chi connectivity index (χ4n) is 3.17. The fraction of sp³-hybridized carbons (Fsp3) is 0.120. The molecule has 0 saturated carbocycles. The van der Waals surface area contributed by atoms with Crippen molar-refractivity contribution in [1.82, 2.24) is 9.78 Å². The van der Waals surface area contributed by atoms with Crippen molar-refractivity contribution in [3.63, 3.8) is 0 Å². The Kier molecular flexibility index (Phi) is 6.52. The summed E-state index contributed by atoms with van der Waals surface area (Å²) in [5, 5.41) is 7.70. The number of halogens is 2. The third kappa shape index (κ3) is 5.53. The molecule has 3 aromatic carbocycles. The molecule has 0 radical (unpaired) electrons. The highest BCUT2D eigenvalue weighted by Crippen LogP contribution is 2.26. The summed E-state index contributed by atoms with van der Waals surface area (Å²) in [6.45, 7) is 2.73. The second-order valence-electron chi connectivity index (χ2n) is 7.40. The average Bonchev–Trinajstić information content (AvgIpc) is 3.23. The summed E-state index contributed by atoms with van der Waals surface area (Å²) in [6.07, 6.45) is 1.76. The Morgan fingerprint density at radius 3 is 2.69 bits per heavy atom. The zero-order valence-electron chi connectivity index (χ0n) is 17.4. The number of nitrogens with zero attached hydrogens (tertiary/aromatic N) is 2. The summed E-state index contributed by atoms with van der Waals surface area (Å²) in [5.74, 6) is 0.489.